The fourth-order valence-electron chi connectivity index (χ4n) is 3.34. The van der Waals surface area contributed by atoms with Gasteiger partial charge < -0.3 is 9.52 Å². The van der Waals surface area contributed by atoms with Crippen LogP contribution >= 0.6 is 0 Å². The Morgan fingerprint density at radius 2 is 2.33 bits per heavy atom. The number of Topliss-reactive ketones (excluding diaryl/α,β-unsaturated/α-hetero) is 1. The molecule has 0 saturated heterocycles. The maximum atomic E-state index is 12.4. The van der Waals surface area contributed by atoms with E-state index in [1.807, 2.05) is 0 Å². The molecule has 1 N–H and O–H groups in total. The molecule has 3 heteroatoms. The summed E-state index contributed by atoms with van der Waals surface area (Å²) in [5.41, 5.74) is -0.265. The van der Waals surface area contributed by atoms with Crippen molar-refractivity contribution in [1.82, 2.24) is 0 Å². The van der Waals surface area contributed by atoms with Crippen molar-refractivity contribution in [2.45, 2.75) is 45.6 Å². The second kappa shape index (κ2) is 4.88. The number of carbonyl (C=O) groups is 1. The van der Waals surface area contributed by atoms with Crippen LogP contribution in [0.2, 0.25) is 0 Å². The highest BCUT2D eigenvalue weighted by atomic mass is 16.3. The highest BCUT2D eigenvalue weighted by Gasteiger charge is 2.48. The summed E-state index contributed by atoms with van der Waals surface area (Å²) < 4.78 is 4.97. The van der Waals surface area contributed by atoms with Crippen molar-refractivity contribution in [2.75, 3.05) is 0 Å². The average Bonchev–Trinajstić information content (AvgIpc) is 2.84. The summed E-state index contributed by atoms with van der Waals surface area (Å²) in [5, 5.41) is 10.8. The molecule has 3 atom stereocenters. The Labute approximate surface area is 108 Å². The van der Waals surface area contributed by atoms with Gasteiger partial charge in [0, 0.05) is 0 Å². The first-order valence-electron chi connectivity index (χ1n) is 6.71. The van der Waals surface area contributed by atoms with Crippen LogP contribution in [-0.4, -0.2) is 16.5 Å². The van der Waals surface area contributed by atoms with Crippen molar-refractivity contribution >= 4 is 5.78 Å². The van der Waals surface area contributed by atoms with Crippen LogP contribution in [0, 0.1) is 17.8 Å². The molecule has 1 aliphatic carbocycles. The van der Waals surface area contributed by atoms with Gasteiger partial charge in [0.05, 0.1) is 23.3 Å². The third-order valence-electron chi connectivity index (χ3n) is 3.87. The largest absolute Gasteiger partial charge is 0.472 e. The molecule has 0 aliphatic heterocycles. The van der Waals surface area contributed by atoms with Crippen molar-refractivity contribution in [1.29, 1.82) is 0 Å². The molecule has 1 heterocycles. The van der Waals surface area contributed by atoms with Gasteiger partial charge in [-0.2, -0.15) is 0 Å². The number of rotatable bonds is 4. The van der Waals surface area contributed by atoms with Crippen LogP contribution in [-0.2, 0) is 0 Å². The van der Waals surface area contributed by atoms with Crippen LogP contribution in [0.1, 0.15) is 50.4 Å². The Hall–Kier alpha value is -1.09. The van der Waals surface area contributed by atoms with Gasteiger partial charge in [-0.3, -0.25) is 4.79 Å². The zero-order valence-electron chi connectivity index (χ0n) is 11.3. The molecule has 3 nitrogen and oxygen atoms in total. The van der Waals surface area contributed by atoms with E-state index in [2.05, 4.69) is 20.8 Å². The SMILES string of the molecule is CC(C)C[C@@]1(O)C[C@H](C)C[C@H]1C(=O)c1ccoc1. The second-order valence-electron chi connectivity index (χ2n) is 6.18. The number of ketones is 1. The normalized spacial score (nSPS) is 32.1. The fraction of sp³-hybridized carbons (Fsp3) is 0.667. The summed E-state index contributed by atoms with van der Waals surface area (Å²) in [4.78, 5) is 12.4. The maximum Gasteiger partial charge on any atom is 0.172 e. The zero-order valence-corrected chi connectivity index (χ0v) is 11.3. The summed E-state index contributed by atoms with van der Waals surface area (Å²) in [6.07, 6.45) is 5.16. The first-order chi connectivity index (χ1) is 8.42. The quantitative estimate of drug-likeness (QED) is 0.834. The minimum atomic E-state index is -0.845. The third-order valence-corrected chi connectivity index (χ3v) is 3.87. The number of hydrogen-bond donors (Lipinski definition) is 1. The molecule has 0 radical (unpaired) electrons. The second-order valence-corrected chi connectivity index (χ2v) is 6.18. The van der Waals surface area contributed by atoms with Crippen molar-refractivity contribution in [2.24, 2.45) is 17.8 Å². The average molecular weight is 250 g/mol. The zero-order chi connectivity index (χ0) is 13.3. The Balaban J connectivity index is 2.22. The maximum absolute atomic E-state index is 12.4. The third kappa shape index (κ3) is 2.51. The predicted octanol–water partition coefficient (Wildman–Crippen LogP) is 3.29. The lowest BCUT2D eigenvalue weighted by atomic mass is 9.80. The van der Waals surface area contributed by atoms with Crippen LogP contribution in [0.25, 0.3) is 0 Å². The van der Waals surface area contributed by atoms with Gasteiger partial charge in [-0.05, 0) is 37.2 Å². The van der Waals surface area contributed by atoms with E-state index in [0.29, 0.717) is 23.8 Å². The van der Waals surface area contributed by atoms with E-state index in [0.717, 1.165) is 12.8 Å². The number of aliphatic hydroxyl groups is 1. The lowest BCUT2D eigenvalue weighted by molar-refractivity contribution is -0.0104. The molecular formula is C15H22O3. The lowest BCUT2D eigenvalue weighted by Crippen LogP contribution is -2.39. The van der Waals surface area contributed by atoms with Crippen LogP contribution in [0.15, 0.2) is 23.0 Å². The van der Waals surface area contributed by atoms with Gasteiger partial charge in [0.15, 0.2) is 5.78 Å². The summed E-state index contributed by atoms with van der Waals surface area (Å²) in [6.45, 7) is 6.27. The molecule has 1 aliphatic rings. The van der Waals surface area contributed by atoms with Crippen LogP contribution in [0.3, 0.4) is 0 Å². The molecule has 1 aromatic heterocycles. The molecule has 1 fully saturated rings. The van der Waals surface area contributed by atoms with Gasteiger partial charge in [0.25, 0.3) is 0 Å². The molecule has 1 aromatic rings. The standard InChI is InChI=1S/C15H22O3/c1-10(2)7-15(17)8-11(3)6-13(15)14(16)12-4-5-18-9-12/h4-5,9-11,13,17H,6-8H2,1-3H3/t11-,13+,15-/m1/s1. The smallest absolute Gasteiger partial charge is 0.172 e. The molecule has 18 heavy (non-hydrogen) atoms. The number of furan rings is 1. The Bertz CT molecular complexity index is 407. The van der Waals surface area contributed by atoms with Gasteiger partial charge in [-0.1, -0.05) is 20.8 Å². The lowest BCUT2D eigenvalue weighted by Gasteiger charge is -2.30. The minimum Gasteiger partial charge on any atom is -0.472 e. The molecule has 0 aromatic carbocycles. The van der Waals surface area contributed by atoms with Gasteiger partial charge in [0.2, 0.25) is 0 Å². The van der Waals surface area contributed by atoms with Crippen molar-refractivity contribution in [3.8, 4) is 0 Å². The van der Waals surface area contributed by atoms with Crippen LogP contribution in [0.4, 0.5) is 0 Å². The molecule has 0 spiro atoms. The van der Waals surface area contributed by atoms with E-state index in [9.17, 15) is 9.90 Å². The molecular weight excluding hydrogens is 228 g/mol. The fourth-order valence-corrected chi connectivity index (χ4v) is 3.34. The molecule has 100 valence electrons. The van der Waals surface area contributed by atoms with Gasteiger partial charge in [0.1, 0.15) is 6.26 Å². The van der Waals surface area contributed by atoms with E-state index in [1.165, 1.54) is 12.5 Å². The highest BCUT2D eigenvalue weighted by Crippen LogP contribution is 2.44. The van der Waals surface area contributed by atoms with Gasteiger partial charge in [-0.25, -0.2) is 0 Å². The van der Waals surface area contributed by atoms with E-state index in [1.54, 1.807) is 6.07 Å². The monoisotopic (exact) mass is 250 g/mol. The van der Waals surface area contributed by atoms with Crippen LogP contribution < -0.4 is 0 Å². The van der Waals surface area contributed by atoms with E-state index < -0.39 is 5.60 Å². The predicted molar refractivity (Wildman–Crippen MR) is 69.3 cm³/mol. The highest BCUT2D eigenvalue weighted by molar-refractivity contribution is 5.98. The van der Waals surface area contributed by atoms with Crippen molar-refractivity contribution in [3.63, 3.8) is 0 Å². The summed E-state index contributed by atoms with van der Waals surface area (Å²) in [6, 6.07) is 1.68. The number of carbonyl (C=O) groups excluding carboxylic acids is 1. The van der Waals surface area contributed by atoms with Gasteiger partial charge >= 0.3 is 0 Å². The molecule has 2 rings (SSSR count). The summed E-state index contributed by atoms with van der Waals surface area (Å²) >= 11 is 0. The molecule has 0 amide bonds. The van der Waals surface area contributed by atoms with Crippen molar-refractivity contribution in [3.05, 3.63) is 24.2 Å². The van der Waals surface area contributed by atoms with E-state index in [4.69, 9.17) is 4.42 Å². The Morgan fingerprint density at radius 3 is 2.89 bits per heavy atom. The molecule has 1 saturated carbocycles. The number of hydrogen-bond acceptors (Lipinski definition) is 3. The first-order valence-corrected chi connectivity index (χ1v) is 6.71. The summed E-state index contributed by atoms with van der Waals surface area (Å²) in [5.74, 6) is 0.526. The van der Waals surface area contributed by atoms with Crippen LogP contribution in [0.5, 0.6) is 0 Å². The Kier molecular flexibility index (Phi) is 3.62. The minimum absolute atomic E-state index is 0.0243. The Morgan fingerprint density at radius 1 is 1.61 bits per heavy atom. The van der Waals surface area contributed by atoms with Crippen molar-refractivity contribution < 1.29 is 14.3 Å². The molecule has 0 unspecified atom stereocenters. The summed E-state index contributed by atoms with van der Waals surface area (Å²) in [7, 11) is 0. The van der Waals surface area contributed by atoms with Gasteiger partial charge in [-0.15, -0.1) is 0 Å². The topological polar surface area (TPSA) is 50.4 Å². The first kappa shape index (κ1) is 13.3. The van der Waals surface area contributed by atoms with E-state index >= 15 is 0 Å². The molecule has 0 bridgehead atoms. The van der Waals surface area contributed by atoms with E-state index in [-0.39, 0.29) is 11.7 Å².